The second kappa shape index (κ2) is 11.7. The van der Waals surface area contributed by atoms with Crippen LogP contribution in [0.2, 0.25) is 0 Å². The van der Waals surface area contributed by atoms with Crippen molar-refractivity contribution in [2.45, 2.75) is 69.7 Å². The number of amides is 2. The highest BCUT2D eigenvalue weighted by molar-refractivity contribution is 6.05. The minimum Gasteiger partial charge on any atom is -0.497 e. The molecule has 3 heterocycles. The van der Waals surface area contributed by atoms with Crippen LogP contribution in [0.1, 0.15) is 46.5 Å². The summed E-state index contributed by atoms with van der Waals surface area (Å²) >= 11 is 0. The number of benzene rings is 1. The summed E-state index contributed by atoms with van der Waals surface area (Å²) < 4.78 is 17.7. The van der Waals surface area contributed by atoms with E-state index in [2.05, 4.69) is 13.2 Å². The fourth-order valence-electron chi connectivity index (χ4n) is 6.97. The average Bonchev–Trinajstić information content (AvgIpc) is 3.47. The summed E-state index contributed by atoms with van der Waals surface area (Å²) in [6, 6.07) is 5.43. The quantitative estimate of drug-likeness (QED) is 0.226. The van der Waals surface area contributed by atoms with Gasteiger partial charge >= 0.3 is 5.97 Å². The van der Waals surface area contributed by atoms with Crippen LogP contribution in [0.15, 0.2) is 49.6 Å². The Balaban J connectivity index is 1.79. The second-order valence-electron chi connectivity index (χ2n) is 11.2. The van der Waals surface area contributed by atoms with Gasteiger partial charge in [0.05, 0.1) is 37.9 Å². The largest absolute Gasteiger partial charge is 0.497 e. The third-order valence-corrected chi connectivity index (χ3v) is 9.07. The molecular formula is C31H42N2O7. The highest BCUT2D eigenvalue weighted by atomic mass is 16.6. The summed E-state index contributed by atoms with van der Waals surface area (Å²) in [5.41, 5.74) is -1.59. The SMILES string of the molecule is C=CCCCOC(=O)[C@H]1[C@H]2C(=O)N([C@@H](CC)CO)C(C(=O)N(CC=C)c3ccc(OC)cc3)C23CC(C)[C@]1(C)O3. The van der Waals surface area contributed by atoms with E-state index in [-0.39, 0.29) is 37.5 Å². The van der Waals surface area contributed by atoms with E-state index >= 15 is 0 Å². The summed E-state index contributed by atoms with van der Waals surface area (Å²) in [7, 11) is 1.57. The van der Waals surface area contributed by atoms with Gasteiger partial charge in [0.15, 0.2) is 0 Å². The first kappa shape index (κ1) is 29.8. The average molecular weight is 555 g/mol. The molecule has 218 valence electrons. The first-order chi connectivity index (χ1) is 19.1. The van der Waals surface area contributed by atoms with Gasteiger partial charge in [-0.2, -0.15) is 0 Å². The number of fused-ring (bicyclic) bond motifs is 1. The molecule has 0 saturated carbocycles. The van der Waals surface area contributed by atoms with Gasteiger partial charge in [0.25, 0.3) is 5.91 Å². The van der Waals surface area contributed by atoms with Gasteiger partial charge in [0.1, 0.15) is 23.3 Å². The zero-order valence-corrected chi connectivity index (χ0v) is 24.0. The van der Waals surface area contributed by atoms with Gasteiger partial charge < -0.3 is 29.1 Å². The molecule has 0 aromatic heterocycles. The molecule has 9 heteroatoms. The van der Waals surface area contributed by atoms with Crippen molar-refractivity contribution < 1.29 is 33.7 Å². The number of anilines is 1. The third kappa shape index (κ3) is 4.63. The lowest BCUT2D eigenvalue weighted by molar-refractivity contribution is -0.162. The van der Waals surface area contributed by atoms with Crippen LogP contribution in [-0.2, 0) is 23.9 Å². The number of carbonyl (C=O) groups excluding carboxylic acids is 3. The maximum absolute atomic E-state index is 14.6. The summed E-state index contributed by atoms with van der Waals surface area (Å²) in [4.78, 5) is 45.5. The van der Waals surface area contributed by atoms with E-state index in [0.717, 1.165) is 0 Å². The number of rotatable bonds is 13. The molecule has 2 amide bonds. The van der Waals surface area contributed by atoms with Crippen LogP contribution in [0.5, 0.6) is 5.75 Å². The summed E-state index contributed by atoms with van der Waals surface area (Å²) in [5.74, 6) is -2.40. The van der Waals surface area contributed by atoms with Gasteiger partial charge in [-0.3, -0.25) is 14.4 Å². The molecule has 4 rings (SSSR count). The van der Waals surface area contributed by atoms with E-state index in [1.165, 1.54) is 4.90 Å². The standard InChI is InChI=1S/C31H42N2O7/c1-7-10-11-17-39-29(37)25-24-27(35)33(21(9-3)19-34)26(31(24)18-20(4)30(25,5)40-31)28(36)32(16-8-2)22-12-14-23(38-6)15-13-22/h7-8,12-15,20-21,24-26,34H,1-2,9-11,16-19H2,3-6H3/t20?,21-,24-,25+,26?,30-,31?/m0/s1. The minimum atomic E-state index is -1.23. The monoisotopic (exact) mass is 554 g/mol. The first-order valence-electron chi connectivity index (χ1n) is 14.1. The molecule has 0 aliphatic carbocycles. The van der Waals surface area contributed by atoms with Gasteiger partial charge in [-0.05, 0) is 62.8 Å². The van der Waals surface area contributed by atoms with E-state index in [4.69, 9.17) is 14.2 Å². The molecule has 1 aromatic rings. The number of allylic oxidation sites excluding steroid dienone is 1. The van der Waals surface area contributed by atoms with Gasteiger partial charge in [0, 0.05) is 12.2 Å². The highest BCUT2D eigenvalue weighted by Gasteiger charge is 2.80. The Bertz CT molecular complexity index is 1130. The normalized spacial score (nSPS) is 31.0. The molecule has 3 fully saturated rings. The lowest BCUT2D eigenvalue weighted by Crippen LogP contribution is -2.59. The lowest BCUT2D eigenvalue weighted by atomic mass is 9.62. The highest BCUT2D eigenvalue weighted by Crippen LogP contribution is 2.65. The molecule has 3 saturated heterocycles. The van der Waals surface area contributed by atoms with E-state index in [1.807, 2.05) is 20.8 Å². The molecule has 1 N–H and O–H groups in total. The number of methoxy groups -OCH3 is 1. The number of ether oxygens (including phenoxy) is 3. The fourth-order valence-corrected chi connectivity index (χ4v) is 6.97. The van der Waals surface area contributed by atoms with Crippen LogP contribution in [0.25, 0.3) is 0 Å². The molecule has 40 heavy (non-hydrogen) atoms. The molecule has 1 aromatic carbocycles. The summed E-state index contributed by atoms with van der Waals surface area (Å²) in [5, 5.41) is 10.3. The molecule has 2 bridgehead atoms. The van der Waals surface area contributed by atoms with Gasteiger partial charge in [0.2, 0.25) is 5.91 Å². The van der Waals surface area contributed by atoms with Gasteiger partial charge in [-0.25, -0.2) is 0 Å². The number of unbranched alkanes of at least 4 members (excludes halogenated alkanes) is 1. The Morgan fingerprint density at radius 1 is 1.27 bits per heavy atom. The van der Waals surface area contributed by atoms with Crippen LogP contribution in [-0.4, -0.2) is 77.9 Å². The lowest BCUT2D eigenvalue weighted by Gasteiger charge is -2.39. The Morgan fingerprint density at radius 3 is 2.55 bits per heavy atom. The van der Waals surface area contributed by atoms with E-state index in [0.29, 0.717) is 37.1 Å². The van der Waals surface area contributed by atoms with Crippen LogP contribution in [0.3, 0.4) is 0 Å². The fraction of sp³-hybridized carbons (Fsp3) is 0.581. The molecule has 9 nitrogen and oxygen atoms in total. The van der Waals surface area contributed by atoms with Crippen molar-refractivity contribution in [3.05, 3.63) is 49.6 Å². The number of carbonyl (C=O) groups is 3. The van der Waals surface area contributed by atoms with Crippen molar-refractivity contribution in [3.8, 4) is 5.75 Å². The number of nitrogens with zero attached hydrogens (tertiary/aromatic N) is 2. The Labute approximate surface area is 236 Å². The van der Waals surface area contributed by atoms with Crippen LogP contribution in [0, 0.1) is 17.8 Å². The molecule has 7 atom stereocenters. The molecular weight excluding hydrogens is 512 g/mol. The van der Waals surface area contributed by atoms with Crippen molar-refractivity contribution in [1.29, 1.82) is 0 Å². The van der Waals surface area contributed by atoms with Crippen molar-refractivity contribution >= 4 is 23.5 Å². The number of aliphatic hydroxyl groups is 1. The molecule has 3 aliphatic heterocycles. The van der Waals surface area contributed by atoms with Crippen LogP contribution < -0.4 is 9.64 Å². The molecule has 0 radical (unpaired) electrons. The smallest absolute Gasteiger partial charge is 0.312 e. The van der Waals surface area contributed by atoms with Crippen LogP contribution in [0.4, 0.5) is 5.69 Å². The Hall–Kier alpha value is -3.17. The number of esters is 1. The minimum absolute atomic E-state index is 0.111. The van der Waals surface area contributed by atoms with Crippen molar-refractivity contribution in [2.75, 3.05) is 31.8 Å². The maximum atomic E-state index is 14.6. The van der Waals surface area contributed by atoms with Gasteiger partial charge in [-0.1, -0.05) is 26.0 Å². The zero-order valence-electron chi connectivity index (χ0n) is 24.0. The number of likely N-dealkylation sites (tertiary alicyclic amines) is 1. The predicted molar refractivity (Wildman–Crippen MR) is 151 cm³/mol. The van der Waals surface area contributed by atoms with E-state index in [1.54, 1.807) is 48.4 Å². The van der Waals surface area contributed by atoms with Crippen molar-refractivity contribution in [2.24, 2.45) is 17.8 Å². The van der Waals surface area contributed by atoms with Gasteiger partial charge in [-0.15, -0.1) is 13.2 Å². The Kier molecular flexibility index (Phi) is 8.75. The van der Waals surface area contributed by atoms with E-state index in [9.17, 15) is 19.5 Å². The first-order valence-corrected chi connectivity index (χ1v) is 14.1. The number of aliphatic hydroxyl groups excluding tert-OH is 1. The van der Waals surface area contributed by atoms with Crippen LogP contribution >= 0.6 is 0 Å². The van der Waals surface area contributed by atoms with Crippen molar-refractivity contribution in [1.82, 2.24) is 4.90 Å². The summed E-state index contributed by atoms with van der Waals surface area (Å²) in [6.45, 7) is 13.3. The summed E-state index contributed by atoms with van der Waals surface area (Å²) in [6.07, 6.45) is 5.59. The molecule has 3 unspecified atom stereocenters. The Morgan fingerprint density at radius 2 is 1.98 bits per heavy atom. The van der Waals surface area contributed by atoms with E-state index < -0.39 is 41.1 Å². The topological polar surface area (TPSA) is 106 Å². The maximum Gasteiger partial charge on any atom is 0.312 e. The number of hydrogen-bond acceptors (Lipinski definition) is 7. The molecule has 1 spiro atoms. The predicted octanol–water partition coefficient (Wildman–Crippen LogP) is 3.51. The van der Waals surface area contributed by atoms with Crippen molar-refractivity contribution in [3.63, 3.8) is 0 Å². The zero-order chi connectivity index (χ0) is 29.2. The second-order valence-corrected chi connectivity index (χ2v) is 11.2. The number of hydrogen-bond donors (Lipinski definition) is 1. The molecule has 3 aliphatic rings. The third-order valence-electron chi connectivity index (χ3n) is 9.07.